The summed E-state index contributed by atoms with van der Waals surface area (Å²) in [7, 11) is 0. The van der Waals surface area contributed by atoms with Crippen molar-refractivity contribution in [2.24, 2.45) is 0 Å². The van der Waals surface area contributed by atoms with E-state index in [1.54, 1.807) is 55.5 Å². The molecule has 3 rings (SSSR count). The zero-order valence-corrected chi connectivity index (χ0v) is 16.0. The number of carbonyl (C=O) groups is 4. The number of carbonyl (C=O) groups excluding carboxylic acids is 4. The molecule has 0 unspecified atom stereocenters. The van der Waals surface area contributed by atoms with Crippen molar-refractivity contribution in [2.45, 2.75) is 19.4 Å². The van der Waals surface area contributed by atoms with Gasteiger partial charge in [-0.2, -0.15) is 0 Å². The largest absolute Gasteiger partial charge is 0.325 e. The highest BCUT2D eigenvalue weighted by Gasteiger charge is 2.50. The lowest BCUT2D eigenvalue weighted by Crippen LogP contribution is -2.42. The van der Waals surface area contributed by atoms with Crippen LogP contribution in [0.4, 0.5) is 10.5 Å². The van der Waals surface area contributed by atoms with Crippen LogP contribution in [0.3, 0.4) is 0 Å². The third-order valence-electron chi connectivity index (χ3n) is 4.56. The summed E-state index contributed by atoms with van der Waals surface area (Å²) in [6.45, 7) is 2.55. The molecule has 1 saturated heterocycles. The summed E-state index contributed by atoms with van der Waals surface area (Å²) in [4.78, 5) is 49.7. The first-order valence-electron chi connectivity index (χ1n) is 8.52. The molecule has 1 atom stereocenters. The van der Waals surface area contributed by atoms with Gasteiger partial charge in [0.1, 0.15) is 12.1 Å². The van der Waals surface area contributed by atoms with E-state index in [4.69, 9.17) is 11.6 Å². The van der Waals surface area contributed by atoms with E-state index in [-0.39, 0.29) is 5.78 Å². The van der Waals surface area contributed by atoms with Crippen LogP contribution in [0.25, 0.3) is 0 Å². The predicted molar refractivity (Wildman–Crippen MR) is 104 cm³/mol. The molecule has 4 amide bonds. The van der Waals surface area contributed by atoms with Gasteiger partial charge in [0.05, 0.1) is 0 Å². The number of ketones is 1. The van der Waals surface area contributed by atoms with E-state index >= 15 is 0 Å². The summed E-state index contributed by atoms with van der Waals surface area (Å²) in [6, 6.07) is 12.4. The quantitative estimate of drug-likeness (QED) is 0.596. The van der Waals surface area contributed by atoms with Crippen molar-refractivity contribution in [3.05, 3.63) is 64.7 Å². The normalized spacial score (nSPS) is 18.8. The van der Waals surface area contributed by atoms with E-state index in [0.717, 1.165) is 4.90 Å². The number of hydrogen-bond donors (Lipinski definition) is 2. The van der Waals surface area contributed by atoms with Gasteiger partial charge in [-0.25, -0.2) is 4.79 Å². The molecule has 1 aliphatic rings. The average molecular weight is 400 g/mol. The van der Waals surface area contributed by atoms with Crippen molar-refractivity contribution in [2.75, 3.05) is 11.9 Å². The van der Waals surface area contributed by atoms with Gasteiger partial charge in [-0.3, -0.25) is 19.3 Å². The summed E-state index contributed by atoms with van der Waals surface area (Å²) in [6.07, 6.45) is 0. The molecule has 0 bridgehead atoms. The van der Waals surface area contributed by atoms with Crippen molar-refractivity contribution in [1.29, 1.82) is 0 Å². The number of nitrogens with one attached hydrogen (secondary N) is 2. The summed E-state index contributed by atoms with van der Waals surface area (Å²) in [5, 5.41) is 5.56. The van der Waals surface area contributed by atoms with Gasteiger partial charge in [0.15, 0.2) is 5.78 Å². The maximum Gasteiger partial charge on any atom is 0.325 e. The molecule has 0 aromatic heterocycles. The Morgan fingerprint density at radius 1 is 1.11 bits per heavy atom. The number of nitrogens with zero attached hydrogens (tertiary/aromatic N) is 1. The number of urea groups is 1. The molecule has 0 spiro atoms. The molecular weight excluding hydrogens is 382 g/mol. The van der Waals surface area contributed by atoms with Gasteiger partial charge in [0.2, 0.25) is 5.91 Å². The molecule has 0 aliphatic carbocycles. The molecule has 1 heterocycles. The SMILES string of the molecule is CC(=O)c1ccc(NC(=O)CN2C(=O)N[C@](C)(c3ccccc3Cl)C2=O)cc1. The van der Waals surface area contributed by atoms with E-state index in [0.29, 0.717) is 21.8 Å². The smallest absolute Gasteiger partial charge is 0.325 e. The Balaban J connectivity index is 1.73. The number of rotatable bonds is 5. The van der Waals surface area contributed by atoms with Crippen molar-refractivity contribution < 1.29 is 19.2 Å². The Kier molecular flexibility index (Phi) is 5.20. The summed E-state index contributed by atoms with van der Waals surface area (Å²) in [5.41, 5.74) is 0.0787. The molecule has 8 heteroatoms. The van der Waals surface area contributed by atoms with Crippen LogP contribution < -0.4 is 10.6 Å². The van der Waals surface area contributed by atoms with E-state index in [1.165, 1.54) is 6.92 Å². The number of imide groups is 1. The number of halogens is 1. The van der Waals surface area contributed by atoms with Crippen LogP contribution in [-0.2, 0) is 15.1 Å². The molecule has 2 aromatic carbocycles. The molecule has 2 aromatic rings. The first-order valence-corrected chi connectivity index (χ1v) is 8.90. The van der Waals surface area contributed by atoms with E-state index in [9.17, 15) is 19.2 Å². The maximum atomic E-state index is 12.9. The topological polar surface area (TPSA) is 95.6 Å². The summed E-state index contributed by atoms with van der Waals surface area (Å²) in [5.74, 6) is -1.19. The Hall–Kier alpha value is -3.19. The van der Waals surface area contributed by atoms with Crippen LogP contribution in [-0.4, -0.2) is 35.1 Å². The molecule has 0 saturated carbocycles. The van der Waals surface area contributed by atoms with Crippen molar-refractivity contribution in [3.8, 4) is 0 Å². The number of hydrogen-bond acceptors (Lipinski definition) is 4. The Morgan fingerprint density at radius 3 is 2.36 bits per heavy atom. The number of Topliss-reactive ketones (excluding diaryl/α,β-unsaturated/α-hetero) is 1. The second-order valence-electron chi connectivity index (χ2n) is 6.61. The Morgan fingerprint density at radius 2 is 1.75 bits per heavy atom. The number of amides is 4. The van der Waals surface area contributed by atoms with Crippen LogP contribution in [0, 0.1) is 0 Å². The Labute approximate surface area is 166 Å². The van der Waals surface area contributed by atoms with Gasteiger partial charge < -0.3 is 10.6 Å². The van der Waals surface area contributed by atoms with Crippen LogP contribution in [0.15, 0.2) is 48.5 Å². The molecule has 7 nitrogen and oxygen atoms in total. The van der Waals surface area contributed by atoms with Gasteiger partial charge in [-0.1, -0.05) is 29.8 Å². The van der Waals surface area contributed by atoms with Crippen LogP contribution >= 0.6 is 11.6 Å². The minimum absolute atomic E-state index is 0.0870. The van der Waals surface area contributed by atoms with Crippen LogP contribution in [0.5, 0.6) is 0 Å². The molecule has 2 N–H and O–H groups in total. The fourth-order valence-electron chi connectivity index (χ4n) is 3.02. The minimum atomic E-state index is -1.35. The molecule has 28 heavy (non-hydrogen) atoms. The van der Waals surface area contributed by atoms with Crippen LogP contribution in [0.1, 0.15) is 29.8 Å². The lowest BCUT2D eigenvalue weighted by atomic mass is 9.92. The monoisotopic (exact) mass is 399 g/mol. The molecule has 1 fully saturated rings. The molecule has 144 valence electrons. The minimum Gasteiger partial charge on any atom is -0.325 e. The van der Waals surface area contributed by atoms with E-state index < -0.39 is 29.9 Å². The van der Waals surface area contributed by atoms with Gasteiger partial charge in [0.25, 0.3) is 5.91 Å². The van der Waals surface area contributed by atoms with Gasteiger partial charge >= 0.3 is 6.03 Å². The van der Waals surface area contributed by atoms with Crippen LogP contribution in [0.2, 0.25) is 5.02 Å². The average Bonchev–Trinajstić information content (AvgIpc) is 2.86. The van der Waals surface area contributed by atoms with E-state index in [1.807, 2.05) is 0 Å². The third kappa shape index (κ3) is 3.61. The second-order valence-corrected chi connectivity index (χ2v) is 7.02. The maximum absolute atomic E-state index is 12.9. The summed E-state index contributed by atoms with van der Waals surface area (Å²) < 4.78 is 0. The summed E-state index contributed by atoms with van der Waals surface area (Å²) >= 11 is 6.18. The second kappa shape index (κ2) is 7.44. The molecule has 1 aliphatic heterocycles. The molecular formula is C20H18ClN3O4. The first-order chi connectivity index (χ1) is 13.2. The van der Waals surface area contributed by atoms with Gasteiger partial charge in [-0.15, -0.1) is 0 Å². The third-order valence-corrected chi connectivity index (χ3v) is 4.89. The molecule has 0 radical (unpaired) electrons. The predicted octanol–water partition coefficient (Wildman–Crippen LogP) is 2.95. The number of anilines is 1. The zero-order chi connectivity index (χ0) is 20.5. The zero-order valence-electron chi connectivity index (χ0n) is 15.3. The lowest BCUT2D eigenvalue weighted by Gasteiger charge is -2.23. The lowest BCUT2D eigenvalue weighted by molar-refractivity contribution is -0.133. The first kappa shape index (κ1) is 19.6. The van der Waals surface area contributed by atoms with Crippen molar-refractivity contribution in [3.63, 3.8) is 0 Å². The fourth-order valence-corrected chi connectivity index (χ4v) is 3.35. The highest BCUT2D eigenvalue weighted by atomic mass is 35.5. The highest BCUT2D eigenvalue weighted by Crippen LogP contribution is 2.33. The highest BCUT2D eigenvalue weighted by molar-refractivity contribution is 6.32. The van der Waals surface area contributed by atoms with Crippen molar-refractivity contribution >= 4 is 40.9 Å². The van der Waals surface area contributed by atoms with E-state index in [2.05, 4.69) is 10.6 Å². The van der Waals surface area contributed by atoms with Gasteiger partial charge in [0, 0.05) is 21.8 Å². The fraction of sp³-hybridized carbons (Fsp3) is 0.200. The Bertz CT molecular complexity index is 974. The standard InChI is InChI=1S/C20H18ClN3O4/c1-12(25)13-7-9-14(10-8-13)22-17(26)11-24-18(27)20(2,23-19(24)28)15-5-3-4-6-16(15)21/h3-10H,11H2,1-2H3,(H,22,26)(H,23,28)/t20-/m1/s1. The van der Waals surface area contributed by atoms with Gasteiger partial charge in [-0.05, 0) is 44.2 Å². The number of benzene rings is 2. The van der Waals surface area contributed by atoms with Crippen molar-refractivity contribution in [1.82, 2.24) is 10.2 Å².